The van der Waals surface area contributed by atoms with Crippen LogP contribution in [0.25, 0.3) is 0 Å². The first-order chi connectivity index (χ1) is 12.3. The molecule has 1 aliphatic carbocycles. The van der Waals surface area contributed by atoms with Crippen molar-refractivity contribution in [2.24, 2.45) is 5.92 Å². The molecule has 142 valence electrons. The highest BCUT2D eigenvalue weighted by Gasteiger charge is 2.37. The summed E-state index contributed by atoms with van der Waals surface area (Å²) in [5.41, 5.74) is 0.579. The Hall–Kier alpha value is -2.11. The van der Waals surface area contributed by atoms with Crippen LogP contribution >= 0.6 is 0 Å². The van der Waals surface area contributed by atoms with E-state index in [1.54, 1.807) is 11.1 Å². The molecule has 0 N–H and O–H groups in total. The van der Waals surface area contributed by atoms with Crippen molar-refractivity contribution in [1.29, 1.82) is 0 Å². The quantitative estimate of drug-likeness (QED) is 0.828. The minimum absolute atomic E-state index is 0.00837. The smallest absolute Gasteiger partial charge is 0.410 e. The molecular weight excluding hydrogens is 330 g/mol. The number of carbonyl (C=O) groups excluding carboxylic acids is 2. The number of amides is 2. The van der Waals surface area contributed by atoms with Gasteiger partial charge in [-0.25, -0.2) is 4.79 Å². The zero-order valence-electron chi connectivity index (χ0n) is 16.0. The highest BCUT2D eigenvalue weighted by molar-refractivity contribution is 5.80. The number of rotatable bonds is 4. The van der Waals surface area contributed by atoms with Crippen LogP contribution in [0.4, 0.5) is 4.79 Å². The number of pyridine rings is 1. The summed E-state index contributed by atoms with van der Waals surface area (Å²) in [5, 5.41) is 0. The van der Waals surface area contributed by atoms with Crippen molar-refractivity contribution in [3.8, 4) is 0 Å². The lowest BCUT2D eigenvalue weighted by Crippen LogP contribution is -2.46. The van der Waals surface area contributed by atoms with Crippen molar-refractivity contribution in [1.82, 2.24) is 14.8 Å². The van der Waals surface area contributed by atoms with Crippen LogP contribution in [0.3, 0.4) is 0 Å². The molecule has 3 rings (SSSR count). The molecule has 1 saturated carbocycles. The third-order valence-corrected chi connectivity index (χ3v) is 4.84. The molecule has 6 nitrogen and oxygen atoms in total. The van der Waals surface area contributed by atoms with Crippen LogP contribution < -0.4 is 0 Å². The van der Waals surface area contributed by atoms with Crippen LogP contribution in [0.15, 0.2) is 24.5 Å². The summed E-state index contributed by atoms with van der Waals surface area (Å²) in [7, 11) is 0. The van der Waals surface area contributed by atoms with E-state index in [1.165, 1.54) is 0 Å². The number of carbonyl (C=O) groups is 2. The van der Waals surface area contributed by atoms with Crippen molar-refractivity contribution in [2.75, 3.05) is 13.1 Å². The Kier molecular flexibility index (Phi) is 5.49. The lowest BCUT2D eigenvalue weighted by molar-refractivity contribution is -0.138. The minimum Gasteiger partial charge on any atom is -0.444 e. The van der Waals surface area contributed by atoms with Crippen LogP contribution in [-0.2, 0) is 16.1 Å². The predicted molar refractivity (Wildman–Crippen MR) is 98.3 cm³/mol. The summed E-state index contributed by atoms with van der Waals surface area (Å²) in [6.07, 6.45) is 6.87. The Morgan fingerprint density at radius 3 is 2.46 bits per heavy atom. The predicted octanol–water partition coefficient (Wildman–Crippen LogP) is 3.22. The molecule has 2 aliphatic rings. The zero-order valence-corrected chi connectivity index (χ0v) is 16.0. The first kappa shape index (κ1) is 18.7. The van der Waals surface area contributed by atoms with Crippen molar-refractivity contribution < 1.29 is 14.3 Å². The summed E-state index contributed by atoms with van der Waals surface area (Å²) in [4.78, 5) is 33.1. The summed E-state index contributed by atoms with van der Waals surface area (Å²) < 4.78 is 5.43. The molecule has 0 spiro atoms. The van der Waals surface area contributed by atoms with E-state index in [0.717, 1.165) is 18.4 Å². The van der Waals surface area contributed by atoms with E-state index in [2.05, 4.69) is 4.98 Å². The van der Waals surface area contributed by atoms with Gasteiger partial charge < -0.3 is 14.5 Å². The number of hydrogen-bond donors (Lipinski definition) is 0. The fourth-order valence-corrected chi connectivity index (χ4v) is 3.33. The Morgan fingerprint density at radius 1 is 1.23 bits per heavy atom. The van der Waals surface area contributed by atoms with E-state index >= 15 is 0 Å². The van der Waals surface area contributed by atoms with E-state index in [0.29, 0.717) is 38.5 Å². The van der Waals surface area contributed by atoms with Gasteiger partial charge in [0, 0.05) is 44.0 Å². The molecule has 0 unspecified atom stereocenters. The Balaban J connectivity index is 1.56. The number of ether oxygens (including phenoxy) is 1. The maximum absolute atomic E-state index is 13.1. The van der Waals surface area contributed by atoms with Crippen LogP contribution in [0.1, 0.15) is 52.0 Å². The van der Waals surface area contributed by atoms with Gasteiger partial charge in [0.05, 0.1) is 0 Å². The second kappa shape index (κ2) is 7.64. The molecule has 2 amide bonds. The van der Waals surface area contributed by atoms with Gasteiger partial charge in [0.25, 0.3) is 0 Å². The third-order valence-electron chi connectivity index (χ3n) is 4.84. The Morgan fingerprint density at radius 2 is 1.92 bits per heavy atom. The summed E-state index contributed by atoms with van der Waals surface area (Å²) in [6.45, 7) is 7.39. The van der Waals surface area contributed by atoms with E-state index in [-0.39, 0.29) is 17.9 Å². The number of hydrogen-bond acceptors (Lipinski definition) is 4. The molecule has 0 aromatic carbocycles. The molecular formula is C20H29N3O3. The van der Waals surface area contributed by atoms with E-state index in [9.17, 15) is 9.59 Å². The van der Waals surface area contributed by atoms with Gasteiger partial charge in [-0.15, -0.1) is 0 Å². The van der Waals surface area contributed by atoms with Crippen molar-refractivity contribution in [3.63, 3.8) is 0 Å². The number of nitrogens with zero attached hydrogens (tertiary/aromatic N) is 3. The monoisotopic (exact) mass is 359 g/mol. The second-order valence-corrected chi connectivity index (χ2v) is 8.30. The molecule has 2 fully saturated rings. The molecule has 1 aromatic rings. The number of likely N-dealkylation sites (tertiary alicyclic amines) is 1. The van der Waals surface area contributed by atoms with E-state index < -0.39 is 5.60 Å². The van der Waals surface area contributed by atoms with E-state index in [4.69, 9.17) is 4.74 Å². The minimum atomic E-state index is -0.490. The van der Waals surface area contributed by atoms with Gasteiger partial charge in [0.1, 0.15) is 5.60 Å². The molecule has 1 aliphatic heterocycles. The largest absolute Gasteiger partial charge is 0.444 e. The molecule has 1 aromatic heterocycles. The first-order valence-corrected chi connectivity index (χ1v) is 9.51. The van der Waals surface area contributed by atoms with Crippen LogP contribution in [0.2, 0.25) is 0 Å². The summed E-state index contributed by atoms with van der Waals surface area (Å²) in [6, 6.07) is 4.29. The van der Waals surface area contributed by atoms with Gasteiger partial charge in [-0.2, -0.15) is 0 Å². The van der Waals surface area contributed by atoms with Crippen molar-refractivity contribution in [3.05, 3.63) is 30.1 Å². The van der Waals surface area contributed by atoms with Crippen LogP contribution in [0.5, 0.6) is 0 Å². The van der Waals surface area contributed by atoms with Gasteiger partial charge in [-0.05, 0) is 58.1 Å². The van der Waals surface area contributed by atoms with E-state index in [1.807, 2.05) is 44.0 Å². The Bertz CT molecular complexity index is 629. The lowest BCUT2D eigenvalue weighted by atomic mass is 9.95. The lowest BCUT2D eigenvalue weighted by Gasteiger charge is -2.35. The SMILES string of the molecule is CC(C)(C)OC(=O)N1CCC(C(=O)N(Cc2cccnc2)C2CC2)CC1. The van der Waals surface area contributed by atoms with Gasteiger partial charge in [0.2, 0.25) is 5.91 Å². The highest BCUT2D eigenvalue weighted by Crippen LogP contribution is 2.32. The van der Waals surface area contributed by atoms with Gasteiger partial charge in [-0.3, -0.25) is 9.78 Å². The van der Waals surface area contributed by atoms with Crippen molar-refractivity contribution in [2.45, 2.75) is 64.6 Å². The molecule has 0 radical (unpaired) electrons. The third kappa shape index (κ3) is 4.96. The molecule has 0 atom stereocenters. The maximum Gasteiger partial charge on any atom is 0.410 e. The zero-order chi connectivity index (χ0) is 18.7. The van der Waals surface area contributed by atoms with Crippen LogP contribution in [-0.4, -0.2) is 51.5 Å². The molecule has 2 heterocycles. The first-order valence-electron chi connectivity index (χ1n) is 9.51. The van der Waals surface area contributed by atoms with Gasteiger partial charge in [0.15, 0.2) is 0 Å². The van der Waals surface area contributed by atoms with Crippen LogP contribution in [0, 0.1) is 5.92 Å². The maximum atomic E-state index is 13.1. The standard InChI is InChI=1S/C20H29N3O3/c1-20(2,3)26-19(25)22-11-8-16(9-12-22)18(24)23(17-6-7-17)14-15-5-4-10-21-13-15/h4-5,10,13,16-17H,6-9,11-12,14H2,1-3H3. The fraction of sp³-hybridized carbons (Fsp3) is 0.650. The number of piperidine rings is 1. The fourth-order valence-electron chi connectivity index (χ4n) is 3.33. The molecule has 26 heavy (non-hydrogen) atoms. The molecule has 0 bridgehead atoms. The topological polar surface area (TPSA) is 62.7 Å². The Labute approximate surface area is 155 Å². The van der Waals surface area contributed by atoms with Gasteiger partial charge >= 0.3 is 6.09 Å². The molecule has 1 saturated heterocycles. The highest BCUT2D eigenvalue weighted by atomic mass is 16.6. The second-order valence-electron chi connectivity index (χ2n) is 8.30. The molecule has 6 heteroatoms. The van der Waals surface area contributed by atoms with Gasteiger partial charge in [-0.1, -0.05) is 6.07 Å². The summed E-state index contributed by atoms with van der Waals surface area (Å²) >= 11 is 0. The average Bonchev–Trinajstić information content (AvgIpc) is 3.43. The normalized spacial score (nSPS) is 18.5. The van der Waals surface area contributed by atoms with Crippen molar-refractivity contribution >= 4 is 12.0 Å². The number of aromatic nitrogens is 1. The average molecular weight is 359 g/mol. The summed E-state index contributed by atoms with van der Waals surface area (Å²) in [5.74, 6) is 0.214.